The van der Waals surface area contributed by atoms with E-state index in [0.717, 1.165) is 22.3 Å². The van der Waals surface area contributed by atoms with Crippen molar-refractivity contribution in [2.24, 2.45) is 0 Å². The third-order valence-corrected chi connectivity index (χ3v) is 2.63. The molecule has 0 heterocycles. The number of hydrogen-bond acceptors (Lipinski definition) is 1. The molecular formula is C13H9KO. The summed E-state index contributed by atoms with van der Waals surface area (Å²) in [5.41, 5.74) is 3.78. The molecule has 68 valence electrons. The zero-order valence-corrected chi connectivity index (χ0v) is 7.53. The summed E-state index contributed by atoms with van der Waals surface area (Å²) in [5, 5.41) is 0. The van der Waals surface area contributed by atoms with Crippen molar-refractivity contribution in [3.05, 3.63) is 59.7 Å². The van der Waals surface area contributed by atoms with E-state index in [2.05, 4.69) is 0 Å². The first-order valence-electron chi connectivity index (χ1n) is 4.61. The van der Waals surface area contributed by atoms with Crippen molar-refractivity contribution in [3.63, 3.8) is 0 Å². The summed E-state index contributed by atoms with van der Waals surface area (Å²) in [4.78, 5) is 11.9. The molecule has 2 aromatic rings. The summed E-state index contributed by atoms with van der Waals surface area (Å²) in [7, 11) is 0. The van der Waals surface area contributed by atoms with Crippen LogP contribution < -0.4 is 0 Å². The molecule has 1 aliphatic rings. The van der Waals surface area contributed by atoms with Gasteiger partial charge in [0.05, 0.1) is 0 Å². The van der Waals surface area contributed by atoms with E-state index in [9.17, 15) is 4.79 Å². The van der Waals surface area contributed by atoms with Crippen LogP contribution >= 0.6 is 0 Å². The number of benzene rings is 2. The van der Waals surface area contributed by atoms with Crippen LogP contribution in [-0.4, -0.2) is 57.2 Å². The first-order valence-corrected chi connectivity index (χ1v) is 4.61. The van der Waals surface area contributed by atoms with Crippen molar-refractivity contribution in [1.82, 2.24) is 0 Å². The molecule has 0 atom stereocenters. The van der Waals surface area contributed by atoms with Gasteiger partial charge in [0.2, 0.25) is 0 Å². The molecule has 0 aromatic heterocycles. The van der Waals surface area contributed by atoms with Crippen LogP contribution in [0.2, 0.25) is 0 Å². The van der Waals surface area contributed by atoms with E-state index in [1.165, 1.54) is 0 Å². The second-order valence-corrected chi connectivity index (χ2v) is 3.42. The first-order chi connectivity index (χ1) is 6.88. The van der Waals surface area contributed by atoms with Gasteiger partial charge in [-0.2, -0.15) is 0 Å². The SMILES string of the molecule is O=C1c2ccccc2-c2ccccc21.[KH]. The molecule has 0 saturated carbocycles. The van der Waals surface area contributed by atoms with Crippen LogP contribution in [0.25, 0.3) is 11.1 Å². The minimum absolute atomic E-state index is 0. The fourth-order valence-corrected chi connectivity index (χ4v) is 1.98. The Morgan fingerprint density at radius 3 is 1.33 bits per heavy atom. The van der Waals surface area contributed by atoms with Gasteiger partial charge >= 0.3 is 51.4 Å². The predicted molar refractivity (Wildman–Crippen MR) is 62.5 cm³/mol. The second-order valence-electron chi connectivity index (χ2n) is 3.42. The fourth-order valence-electron chi connectivity index (χ4n) is 1.98. The van der Waals surface area contributed by atoms with Gasteiger partial charge in [0.15, 0.2) is 5.78 Å². The molecule has 0 unspecified atom stereocenters. The molecule has 2 heteroatoms. The van der Waals surface area contributed by atoms with Crippen molar-refractivity contribution < 1.29 is 4.79 Å². The molecule has 0 amide bonds. The van der Waals surface area contributed by atoms with Crippen LogP contribution in [0, 0.1) is 0 Å². The van der Waals surface area contributed by atoms with Gasteiger partial charge in [-0.05, 0) is 11.1 Å². The van der Waals surface area contributed by atoms with E-state index in [0.29, 0.717) is 0 Å². The minimum atomic E-state index is 0. The average molecular weight is 220 g/mol. The molecule has 1 aliphatic carbocycles. The number of carbonyl (C=O) groups is 1. The van der Waals surface area contributed by atoms with E-state index in [-0.39, 0.29) is 57.2 Å². The van der Waals surface area contributed by atoms with Gasteiger partial charge in [-0.3, -0.25) is 4.79 Å². The average Bonchev–Trinajstić information content (AvgIpc) is 2.55. The summed E-state index contributed by atoms with van der Waals surface area (Å²) in [5.74, 6) is 0.149. The van der Waals surface area contributed by atoms with Crippen LogP contribution in [-0.2, 0) is 0 Å². The van der Waals surface area contributed by atoms with Crippen molar-refractivity contribution in [2.75, 3.05) is 0 Å². The number of fused-ring (bicyclic) bond motifs is 3. The van der Waals surface area contributed by atoms with E-state index in [1.54, 1.807) is 0 Å². The maximum absolute atomic E-state index is 11.9. The molecule has 0 aliphatic heterocycles. The summed E-state index contributed by atoms with van der Waals surface area (Å²) >= 11 is 0. The fraction of sp³-hybridized carbons (Fsp3) is 0. The zero-order chi connectivity index (χ0) is 9.54. The summed E-state index contributed by atoms with van der Waals surface area (Å²) < 4.78 is 0. The van der Waals surface area contributed by atoms with Gasteiger partial charge < -0.3 is 0 Å². The number of ketones is 1. The Hall–Kier alpha value is -0.254. The summed E-state index contributed by atoms with van der Waals surface area (Å²) in [6, 6.07) is 15.5. The van der Waals surface area contributed by atoms with Gasteiger partial charge in [0, 0.05) is 11.1 Å². The van der Waals surface area contributed by atoms with Crippen LogP contribution in [0.3, 0.4) is 0 Å². The zero-order valence-electron chi connectivity index (χ0n) is 7.53. The van der Waals surface area contributed by atoms with Crippen LogP contribution in [0.15, 0.2) is 48.5 Å². The molecule has 0 saturated heterocycles. The van der Waals surface area contributed by atoms with E-state index in [4.69, 9.17) is 0 Å². The molecule has 1 nitrogen and oxygen atoms in total. The second kappa shape index (κ2) is 4.32. The van der Waals surface area contributed by atoms with E-state index >= 15 is 0 Å². The molecule has 3 rings (SSSR count). The predicted octanol–water partition coefficient (Wildman–Crippen LogP) is 2.25. The molecule has 15 heavy (non-hydrogen) atoms. The van der Waals surface area contributed by atoms with Crippen LogP contribution in [0.5, 0.6) is 0 Å². The third-order valence-electron chi connectivity index (χ3n) is 2.63. The van der Waals surface area contributed by atoms with Crippen molar-refractivity contribution in [3.8, 4) is 11.1 Å². The molecular weight excluding hydrogens is 211 g/mol. The Labute approximate surface area is 131 Å². The maximum atomic E-state index is 11.9. The third kappa shape index (κ3) is 1.67. The molecule has 2 aromatic carbocycles. The van der Waals surface area contributed by atoms with Gasteiger partial charge in [-0.15, -0.1) is 0 Å². The number of rotatable bonds is 0. The Morgan fingerprint density at radius 2 is 0.933 bits per heavy atom. The monoisotopic (exact) mass is 220 g/mol. The molecule has 0 fully saturated rings. The van der Waals surface area contributed by atoms with Gasteiger partial charge in [-0.1, -0.05) is 48.5 Å². The normalized spacial score (nSPS) is 11.6. The van der Waals surface area contributed by atoms with Crippen molar-refractivity contribution >= 4 is 57.2 Å². The van der Waals surface area contributed by atoms with Crippen LogP contribution in [0.4, 0.5) is 0 Å². The number of hydrogen-bond donors (Lipinski definition) is 0. The Balaban J connectivity index is 0.000000853. The molecule has 0 bridgehead atoms. The van der Waals surface area contributed by atoms with Gasteiger partial charge in [-0.25, -0.2) is 0 Å². The van der Waals surface area contributed by atoms with Crippen molar-refractivity contribution in [1.29, 1.82) is 0 Å². The molecule has 0 N–H and O–H groups in total. The van der Waals surface area contributed by atoms with Gasteiger partial charge in [0.25, 0.3) is 0 Å². The number of carbonyl (C=O) groups excluding carboxylic acids is 1. The topological polar surface area (TPSA) is 17.1 Å². The van der Waals surface area contributed by atoms with Gasteiger partial charge in [0.1, 0.15) is 0 Å². The standard InChI is InChI=1S/C13H8O.K.H/c14-13-11-7-3-1-5-9(11)10-6-2-4-8-12(10)13;;/h1-8H;;. The molecule has 0 spiro atoms. The molecule has 0 radical (unpaired) electrons. The summed E-state index contributed by atoms with van der Waals surface area (Å²) in [6.45, 7) is 0. The Morgan fingerprint density at radius 1 is 0.600 bits per heavy atom. The van der Waals surface area contributed by atoms with E-state index < -0.39 is 0 Å². The Bertz CT molecular complexity index is 484. The van der Waals surface area contributed by atoms with Crippen LogP contribution in [0.1, 0.15) is 15.9 Å². The quantitative estimate of drug-likeness (QED) is 0.531. The Kier molecular flexibility index (Phi) is 3.23. The summed E-state index contributed by atoms with van der Waals surface area (Å²) in [6.07, 6.45) is 0. The first kappa shape index (κ1) is 11.2. The van der Waals surface area contributed by atoms with E-state index in [1.807, 2.05) is 48.5 Å². The van der Waals surface area contributed by atoms with Crippen molar-refractivity contribution in [2.45, 2.75) is 0 Å².